The van der Waals surface area contributed by atoms with Crippen LogP contribution in [-0.2, 0) is 19.8 Å². The lowest BCUT2D eigenvalue weighted by Gasteiger charge is -2.26. The number of benzene rings is 3. The van der Waals surface area contributed by atoms with Gasteiger partial charge in [0.05, 0.1) is 41.5 Å². The number of ether oxygens (including phenoxy) is 3. The molecule has 4 rings (SSSR count). The van der Waals surface area contributed by atoms with Crippen molar-refractivity contribution in [2.24, 2.45) is 0 Å². The van der Waals surface area contributed by atoms with Crippen molar-refractivity contribution in [3.63, 3.8) is 0 Å². The van der Waals surface area contributed by atoms with Crippen LogP contribution in [0.3, 0.4) is 0 Å². The van der Waals surface area contributed by atoms with Crippen LogP contribution in [0.1, 0.15) is 40.7 Å². The second kappa shape index (κ2) is 20.1. The summed E-state index contributed by atoms with van der Waals surface area (Å²) in [4.78, 5) is 5.93. The molecule has 4 aromatic rings. The molecule has 0 bridgehead atoms. The van der Waals surface area contributed by atoms with Crippen LogP contribution < -0.4 is 19.5 Å². The van der Waals surface area contributed by atoms with Gasteiger partial charge in [0.2, 0.25) is 0 Å². The lowest BCUT2D eigenvalue weighted by Crippen LogP contribution is -2.37. The Kier molecular flexibility index (Phi) is 15.6. The highest BCUT2D eigenvalue weighted by atomic mass is 35.5. The molecule has 1 aromatic heterocycles. The van der Waals surface area contributed by atoms with Crippen molar-refractivity contribution in [1.82, 2.24) is 15.2 Å². The lowest BCUT2D eigenvalue weighted by molar-refractivity contribution is 0.0866. The highest BCUT2D eigenvalue weighted by Crippen LogP contribution is 2.39. The summed E-state index contributed by atoms with van der Waals surface area (Å²) < 4.78 is 18.5. The molecule has 0 fully saturated rings. The summed E-state index contributed by atoms with van der Waals surface area (Å²) in [5, 5.41) is 41.8. The van der Waals surface area contributed by atoms with Gasteiger partial charge in [0.25, 0.3) is 0 Å². The number of nitrogens with one attached hydrogen (secondary N) is 1. The van der Waals surface area contributed by atoms with Crippen molar-refractivity contribution >= 4 is 23.2 Å². The van der Waals surface area contributed by atoms with E-state index in [0.717, 1.165) is 59.3 Å². The van der Waals surface area contributed by atoms with E-state index in [1.54, 1.807) is 31.4 Å². The monoisotopic (exact) mass is 722 g/mol. The summed E-state index contributed by atoms with van der Waals surface area (Å²) >= 11 is 13.6. The van der Waals surface area contributed by atoms with Gasteiger partial charge in [0, 0.05) is 48.3 Å². The second-order valence-corrected chi connectivity index (χ2v) is 12.6. The number of nitriles is 1. The zero-order valence-corrected chi connectivity index (χ0v) is 29.9. The summed E-state index contributed by atoms with van der Waals surface area (Å²) in [5.74, 6) is 1.54. The molecule has 3 aromatic carbocycles. The van der Waals surface area contributed by atoms with Crippen molar-refractivity contribution in [1.29, 1.82) is 5.26 Å². The van der Waals surface area contributed by atoms with Gasteiger partial charge in [-0.3, -0.25) is 9.88 Å². The molecule has 50 heavy (non-hydrogen) atoms. The minimum Gasteiger partial charge on any atom is -0.492 e. The Morgan fingerprint density at radius 1 is 0.860 bits per heavy atom. The van der Waals surface area contributed by atoms with Gasteiger partial charge in [0.1, 0.15) is 36.5 Å². The van der Waals surface area contributed by atoms with Crippen molar-refractivity contribution in [3.05, 3.63) is 105 Å². The fraction of sp³-hybridized carbons (Fsp3) is 0.368. The first kappa shape index (κ1) is 38.9. The molecule has 1 heterocycles. The Morgan fingerprint density at radius 3 is 2.36 bits per heavy atom. The predicted molar refractivity (Wildman–Crippen MR) is 195 cm³/mol. The molecule has 266 valence electrons. The average molecular weight is 724 g/mol. The molecule has 0 saturated carbocycles. The van der Waals surface area contributed by atoms with Crippen molar-refractivity contribution in [3.8, 4) is 34.4 Å². The predicted octanol–water partition coefficient (Wildman–Crippen LogP) is 5.92. The number of aliphatic hydroxyl groups is 3. The zero-order chi connectivity index (χ0) is 35.9. The van der Waals surface area contributed by atoms with Crippen LogP contribution in [0, 0.1) is 18.3 Å². The number of nitrogens with zero attached hydrogens (tertiary/aromatic N) is 3. The van der Waals surface area contributed by atoms with E-state index in [-0.39, 0.29) is 33.0 Å². The molecular formula is C38H44Cl2N4O6. The quantitative estimate of drug-likeness (QED) is 0.0813. The van der Waals surface area contributed by atoms with Crippen LogP contribution in [0.25, 0.3) is 11.1 Å². The van der Waals surface area contributed by atoms with Crippen LogP contribution in [0.5, 0.6) is 17.2 Å². The number of halogens is 2. The highest BCUT2D eigenvalue weighted by molar-refractivity contribution is 6.35. The first-order valence-electron chi connectivity index (χ1n) is 16.4. The average Bonchev–Trinajstić information content (AvgIpc) is 3.12. The molecule has 0 aliphatic heterocycles. The summed E-state index contributed by atoms with van der Waals surface area (Å²) in [6.07, 6.45) is 4.65. The van der Waals surface area contributed by atoms with Crippen molar-refractivity contribution < 1.29 is 29.5 Å². The van der Waals surface area contributed by atoms with E-state index in [2.05, 4.69) is 16.4 Å². The van der Waals surface area contributed by atoms with E-state index >= 15 is 0 Å². The van der Waals surface area contributed by atoms with Crippen LogP contribution in [0.15, 0.2) is 67.0 Å². The van der Waals surface area contributed by atoms with E-state index < -0.39 is 6.04 Å². The van der Waals surface area contributed by atoms with Gasteiger partial charge in [-0.2, -0.15) is 5.26 Å². The van der Waals surface area contributed by atoms with Gasteiger partial charge in [-0.15, -0.1) is 0 Å². The first-order valence-corrected chi connectivity index (χ1v) is 17.2. The van der Waals surface area contributed by atoms with Gasteiger partial charge >= 0.3 is 0 Å². The van der Waals surface area contributed by atoms with Crippen LogP contribution in [-0.4, -0.2) is 77.8 Å². The lowest BCUT2D eigenvalue weighted by atomic mass is 9.96. The minimum atomic E-state index is -0.463. The van der Waals surface area contributed by atoms with Gasteiger partial charge in [-0.1, -0.05) is 53.5 Å². The highest BCUT2D eigenvalue weighted by Gasteiger charge is 2.19. The van der Waals surface area contributed by atoms with Gasteiger partial charge < -0.3 is 34.8 Å². The van der Waals surface area contributed by atoms with Crippen LogP contribution >= 0.6 is 23.2 Å². The number of hydrogen-bond acceptors (Lipinski definition) is 10. The maximum atomic E-state index is 9.71. The topological polar surface area (TPSA) is 140 Å². The molecule has 0 aliphatic rings. The Morgan fingerprint density at radius 2 is 1.60 bits per heavy atom. The molecule has 0 radical (unpaired) electrons. The summed E-state index contributed by atoms with van der Waals surface area (Å²) in [7, 11) is 1.80. The minimum absolute atomic E-state index is 0.149. The number of rotatable bonds is 20. The van der Waals surface area contributed by atoms with E-state index in [1.165, 1.54) is 6.20 Å². The largest absolute Gasteiger partial charge is 0.492 e. The second-order valence-electron chi connectivity index (χ2n) is 11.8. The Balaban J connectivity index is 1.52. The number of aliphatic hydroxyl groups excluding tert-OH is 3. The third-order valence-electron chi connectivity index (χ3n) is 8.25. The van der Waals surface area contributed by atoms with Gasteiger partial charge in [0.15, 0.2) is 0 Å². The molecule has 0 saturated heterocycles. The Hall–Kier alpha value is -3.92. The Labute approximate surface area is 303 Å². The van der Waals surface area contributed by atoms with Crippen molar-refractivity contribution in [2.75, 3.05) is 46.6 Å². The summed E-state index contributed by atoms with van der Waals surface area (Å²) in [5.41, 5.74) is 5.62. The molecule has 0 amide bonds. The first-order chi connectivity index (χ1) is 24.3. The van der Waals surface area contributed by atoms with E-state index in [1.807, 2.05) is 48.2 Å². The van der Waals surface area contributed by atoms with Gasteiger partial charge in [-0.25, -0.2) is 0 Å². The summed E-state index contributed by atoms with van der Waals surface area (Å²) in [6.45, 7) is 4.55. The molecule has 10 nitrogen and oxygen atoms in total. The van der Waals surface area contributed by atoms with Crippen LogP contribution in [0.4, 0.5) is 0 Å². The number of hydrogen-bond donors (Lipinski definition) is 4. The molecular weight excluding hydrogens is 679 g/mol. The molecule has 12 heteroatoms. The standard InChI is InChI=1S/C38H44Cl2N4O6/c1-26-29(7-3-8-32(26)33-9-4-10-35(38(33)40)48-14-6-12-42-11-5-13-45)25-50-37-17-36(49-24-28-15-27(18-41)19-43-20-28)30(16-34(37)39)21-44(2)31(22-46)23-47/h3-4,7-10,15-17,19-20,31,42,45-47H,5-6,11-14,21-25H2,1-2H3. The fourth-order valence-corrected chi connectivity index (χ4v) is 5.82. The zero-order valence-electron chi connectivity index (χ0n) is 28.4. The number of likely N-dealkylation sites (N-methyl/N-ethyl adjacent to an activating group) is 1. The Bertz CT molecular complexity index is 1730. The number of pyridine rings is 1. The number of aromatic nitrogens is 1. The molecule has 0 spiro atoms. The smallest absolute Gasteiger partial charge is 0.142 e. The van der Waals surface area contributed by atoms with Crippen molar-refractivity contribution in [2.45, 2.75) is 45.6 Å². The normalized spacial score (nSPS) is 11.2. The van der Waals surface area contributed by atoms with Crippen LogP contribution in [0.2, 0.25) is 10.0 Å². The molecule has 0 unspecified atom stereocenters. The van der Waals surface area contributed by atoms with E-state index in [0.29, 0.717) is 46.0 Å². The van der Waals surface area contributed by atoms with E-state index in [4.69, 9.17) is 42.5 Å². The molecule has 4 N–H and O–H groups in total. The van der Waals surface area contributed by atoms with E-state index in [9.17, 15) is 15.5 Å². The third kappa shape index (κ3) is 10.8. The third-order valence-corrected chi connectivity index (χ3v) is 8.93. The maximum Gasteiger partial charge on any atom is 0.142 e. The summed E-state index contributed by atoms with van der Waals surface area (Å²) in [6, 6.07) is 18.6. The maximum absolute atomic E-state index is 9.71. The fourth-order valence-electron chi connectivity index (χ4n) is 5.29. The molecule has 0 atom stereocenters. The SMILES string of the molecule is Cc1c(COc2cc(OCc3cncc(C#N)c3)c(CN(C)C(CO)CO)cc2Cl)cccc1-c1cccc(OCCCNCCCO)c1Cl. The van der Waals surface area contributed by atoms with Gasteiger partial charge in [-0.05, 0) is 74.8 Å². The molecule has 0 aliphatic carbocycles.